The Balaban J connectivity index is 1.55. The molecule has 126 valence electrons. The second kappa shape index (κ2) is 7.93. The lowest BCUT2D eigenvalue weighted by molar-refractivity contribution is 0.0679. The standard InChI is InChI=1S/C19H20FNO3/c20-16-6-1-4-14(10-16)12-21-19(22)15-5-2-7-17(11-15)24-13-18-8-3-9-23-18/h1-2,4-7,10-11,18H,3,8-9,12-13H2,(H,21,22). The van der Waals surface area contributed by atoms with Gasteiger partial charge in [0.05, 0.1) is 6.10 Å². The molecule has 1 aliphatic heterocycles. The minimum atomic E-state index is -0.314. The third-order valence-electron chi connectivity index (χ3n) is 3.90. The second-order valence-electron chi connectivity index (χ2n) is 5.79. The maximum atomic E-state index is 13.1. The zero-order chi connectivity index (χ0) is 16.8. The van der Waals surface area contributed by atoms with Gasteiger partial charge in [-0.25, -0.2) is 4.39 Å². The molecule has 3 rings (SSSR count). The van der Waals surface area contributed by atoms with Crippen molar-refractivity contribution in [2.24, 2.45) is 0 Å². The Morgan fingerprint density at radius 1 is 1.25 bits per heavy atom. The van der Waals surface area contributed by atoms with Gasteiger partial charge < -0.3 is 14.8 Å². The van der Waals surface area contributed by atoms with Crippen LogP contribution in [0.4, 0.5) is 4.39 Å². The van der Waals surface area contributed by atoms with Crippen molar-refractivity contribution in [3.05, 3.63) is 65.5 Å². The van der Waals surface area contributed by atoms with E-state index in [9.17, 15) is 9.18 Å². The minimum absolute atomic E-state index is 0.135. The molecule has 0 spiro atoms. The molecule has 0 bridgehead atoms. The molecule has 2 aromatic carbocycles. The third kappa shape index (κ3) is 4.55. The SMILES string of the molecule is O=C(NCc1cccc(F)c1)c1cccc(OCC2CCCO2)c1. The van der Waals surface area contributed by atoms with E-state index in [1.54, 1.807) is 30.3 Å². The van der Waals surface area contributed by atoms with Gasteiger partial charge in [0.25, 0.3) is 5.91 Å². The van der Waals surface area contributed by atoms with Crippen LogP contribution in [0.5, 0.6) is 5.75 Å². The van der Waals surface area contributed by atoms with Crippen LogP contribution >= 0.6 is 0 Å². The molecule has 0 aromatic heterocycles. The summed E-state index contributed by atoms with van der Waals surface area (Å²) in [5.74, 6) is 0.108. The Kier molecular flexibility index (Phi) is 5.43. The lowest BCUT2D eigenvalue weighted by Crippen LogP contribution is -2.23. The molecule has 0 aliphatic carbocycles. The van der Waals surface area contributed by atoms with Crippen LogP contribution in [0, 0.1) is 5.82 Å². The predicted octanol–water partition coefficient (Wildman–Crippen LogP) is 3.31. The summed E-state index contributed by atoms with van der Waals surface area (Å²) in [6.07, 6.45) is 2.21. The van der Waals surface area contributed by atoms with E-state index in [0.717, 1.165) is 19.4 Å². The molecule has 1 atom stereocenters. The summed E-state index contributed by atoms with van der Waals surface area (Å²) in [4.78, 5) is 12.2. The number of hydrogen-bond acceptors (Lipinski definition) is 3. The Morgan fingerprint density at radius 3 is 2.92 bits per heavy atom. The van der Waals surface area contributed by atoms with Gasteiger partial charge in [0, 0.05) is 18.7 Å². The number of halogens is 1. The number of nitrogens with one attached hydrogen (secondary N) is 1. The van der Waals surface area contributed by atoms with Crippen LogP contribution in [0.1, 0.15) is 28.8 Å². The van der Waals surface area contributed by atoms with Crippen molar-refractivity contribution in [2.45, 2.75) is 25.5 Å². The third-order valence-corrected chi connectivity index (χ3v) is 3.90. The van der Waals surface area contributed by atoms with E-state index in [4.69, 9.17) is 9.47 Å². The highest BCUT2D eigenvalue weighted by molar-refractivity contribution is 5.94. The zero-order valence-corrected chi connectivity index (χ0v) is 13.3. The number of carbonyl (C=O) groups is 1. The molecule has 5 heteroatoms. The molecule has 1 aliphatic rings. The topological polar surface area (TPSA) is 47.6 Å². The highest BCUT2D eigenvalue weighted by Crippen LogP contribution is 2.17. The van der Waals surface area contributed by atoms with Crippen LogP contribution < -0.4 is 10.1 Å². The molecule has 2 aromatic rings. The van der Waals surface area contributed by atoms with Crippen LogP contribution in [0.25, 0.3) is 0 Å². The molecule has 1 saturated heterocycles. The number of amides is 1. The first kappa shape index (κ1) is 16.5. The Labute approximate surface area is 140 Å². The van der Waals surface area contributed by atoms with E-state index in [0.29, 0.717) is 23.5 Å². The average molecular weight is 329 g/mol. The van der Waals surface area contributed by atoms with Gasteiger partial charge in [-0.15, -0.1) is 0 Å². The number of carbonyl (C=O) groups excluding carboxylic acids is 1. The molecule has 24 heavy (non-hydrogen) atoms. The maximum Gasteiger partial charge on any atom is 0.251 e. The van der Waals surface area contributed by atoms with Crippen molar-refractivity contribution < 1.29 is 18.7 Å². The molecule has 1 fully saturated rings. The Hall–Kier alpha value is -2.40. The van der Waals surface area contributed by atoms with Gasteiger partial charge in [0.1, 0.15) is 18.2 Å². The Morgan fingerprint density at radius 2 is 2.12 bits per heavy atom. The number of benzene rings is 2. The average Bonchev–Trinajstić information content (AvgIpc) is 3.12. The summed E-state index contributed by atoms with van der Waals surface area (Å²) in [6.45, 7) is 1.56. The predicted molar refractivity (Wildman–Crippen MR) is 88.5 cm³/mol. The fraction of sp³-hybridized carbons (Fsp3) is 0.316. The lowest BCUT2D eigenvalue weighted by Gasteiger charge is -2.12. The van der Waals surface area contributed by atoms with Crippen LogP contribution in [-0.2, 0) is 11.3 Å². The van der Waals surface area contributed by atoms with Crippen molar-refractivity contribution in [1.82, 2.24) is 5.32 Å². The van der Waals surface area contributed by atoms with Crippen molar-refractivity contribution in [3.8, 4) is 5.75 Å². The van der Waals surface area contributed by atoms with E-state index in [1.165, 1.54) is 12.1 Å². The first-order valence-corrected chi connectivity index (χ1v) is 8.08. The van der Waals surface area contributed by atoms with Crippen LogP contribution in [0.15, 0.2) is 48.5 Å². The fourth-order valence-corrected chi connectivity index (χ4v) is 2.62. The van der Waals surface area contributed by atoms with Crippen LogP contribution in [-0.4, -0.2) is 25.2 Å². The zero-order valence-electron chi connectivity index (χ0n) is 13.3. The molecule has 1 N–H and O–H groups in total. The quantitative estimate of drug-likeness (QED) is 0.884. The van der Waals surface area contributed by atoms with E-state index < -0.39 is 0 Å². The smallest absolute Gasteiger partial charge is 0.251 e. The largest absolute Gasteiger partial charge is 0.491 e. The molecular formula is C19H20FNO3. The first-order valence-electron chi connectivity index (χ1n) is 8.08. The van der Waals surface area contributed by atoms with E-state index in [2.05, 4.69) is 5.32 Å². The molecule has 0 radical (unpaired) electrons. The van der Waals surface area contributed by atoms with Crippen molar-refractivity contribution >= 4 is 5.91 Å². The monoisotopic (exact) mass is 329 g/mol. The highest BCUT2D eigenvalue weighted by atomic mass is 19.1. The molecule has 1 heterocycles. The number of ether oxygens (including phenoxy) is 2. The summed E-state index contributed by atoms with van der Waals surface area (Å²) >= 11 is 0. The van der Waals surface area contributed by atoms with E-state index >= 15 is 0 Å². The molecular weight excluding hydrogens is 309 g/mol. The van der Waals surface area contributed by atoms with Gasteiger partial charge in [0.15, 0.2) is 0 Å². The van der Waals surface area contributed by atoms with Gasteiger partial charge in [-0.2, -0.15) is 0 Å². The summed E-state index contributed by atoms with van der Waals surface area (Å²) in [7, 11) is 0. The van der Waals surface area contributed by atoms with Gasteiger partial charge in [-0.1, -0.05) is 18.2 Å². The molecule has 1 unspecified atom stereocenters. The van der Waals surface area contributed by atoms with Gasteiger partial charge >= 0.3 is 0 Å². The maximum absolute atomic E-state index is 13.1. The normalized spacial score (nSPS) is 16.8. The lowest BCUT2D eigenvalue weighted by atomic mass is 10.2. The molecule has 4 nitrogen and oxygen atoms in total. The fourth-order valence-electron chi connectivity index (χ4n) is 2.62. The minimum Gasteiger partial charge on any atom is -0.491 e. The molecule has 0 saturated carbocycles. The highest BCUT2D eigenvalue weighted by Gasteiger charge is 2.16. The van der Waals surface area contributed by atoms with Crippen molar-refractivity contribution in [1.29, 1.82) is 0 Å². The summed E-state index contributed by atoms with van der Waals surface area (Å²) in [6, 6.07) is 13.2. The van der Waals surface area contributed by atoms with Gasteiger partial charge in [0.2, 0.25) is 0 Å². The van der Waals surface area contributed by atoms with Gasteiger partial charge in [-0.3, -0.25) is 4.79 Å². The van der Waals surface area contributed by atoms with Crippen LogP contribution in [0.3, 0.4) is 0 Å². The van der Waals surface area contributed by atoms with E-state index in [-0.39, 0.29) is 24.4 Å². The van der Waals surface area contributed by atoms with Crippen molar-refractivity contribution in [3.63, 3.8) is 0 Å². The Bertz CT molecular complexity index is 699. The summed E-state index contributed by atoms with van der Waals surface area (Å²) < 4.78 is 24.4. The summed E-state index contributed by atoms with van der Waals surface area (Å²) in [5.41, 5.74) is 1.23. The van der Waals surface area contributed by atoms with Crippen LogP contribution in [0.2, 0.25) is 0 Å². The number of hydrogen-bond donors (Lipinski definition) is 1. The van der Waals surface area contributed by atoms with E-state index in [1.807, 2.05) is 6.07 Å². The summed E-state index contributed by atoms with van der Waals surface area (Å²) in [5, 5.41) is 2.78. The van der Waals surface area contributed by atoms with Gasteiger partial charge in [-0.05, 0) is 48.7 Å². The second-order valence-corrected chi connectivity index (χ2v) is 5.79. The van der Waals surface area contributed by atoms with Crippen molar-refractivity contribution in [2.75, 3.05) is 13.2 Å². The number of rotatable bonds is 6. The first-order chi connectivity index (χ1) is 11.7. The molecule has 1 amide bonds.